The number of benzene rings is 1. The second kappa shape index (κ2) is 7.50. The molecule has 2 aliphatic rings. The van der Waals surface area contributed by atoms with Gasteiger partial charge in [-0.3, -0.25) is 15.0 Å². The fraction of sp³-hybridized carbons (Fsp3) is 0.368. The van der Waals surface area contributed by atoms with E-state index in [1.807, 2.05) is 0 Å². The van der Waals surface area contributed by atoms with E-state index in [-0.39, 0.29) is 0 Å². The van der Waals surface area contributed by atoms with Crippen LogP contribution in [0.4, 0.5) is 15.5 Å². The van der Waals surface area contributed by atoms with Crippen molar-refractivity contribution in [1.82, 2.24) is 4.90 Å². The lowest BCUT2D eigenvalue weighted by Crippen LogP contribution is -2.38. The highest BCUT2D eigenvalue weighted by molar-refractivity contribution is 7.17. The normalized spacial score (nSPS) is 19.1. The molecule has 3 amide bonds. The minimum atomic E-state index is -0.487. The summed E-state index contributed by atoms with van der Waals surface area (Å²) in [6.07, 6.45) is 4.28. The molecule has 6 nitrogen and oxygen atoms in total. The number of thiophene rings is 1. The number of nitrogens with two attached hydrogens (primary N) is 1. The lowest BCUT2D eigenvalue weighted by molar-refractivity contribution is 0.0997. The fourth-order valence-electron chi connectivity index (χ4n) is 3.96. The van der Waals surface area contributed by atoms with Crippen molar-refractivity contribution in [2.75, 3.05) is 23.7 Å². The molecule has 0 bridgehead atoms. The molecule has 27 heavy (non-hydrogen) atoms. The Kier molecular flexibility index (Phi) is 5.08. The van der Waals surface area contributed by atoms with Gasteiger partial charge in [-0.2, -0.15) is 0 Å². The van der Waals surface area contributed by atoms with Crippen molar-refractivity contribution in [3.05, 3.63) is 45.3 Å². The van der Waals surface area contributed by atoms with E-state index in [1.165, 1.54) is 29.1 Å². The number of primary amides is 1. The molecule has 4 rings (SSSR count). The number of halogens is 1. The number of rotatable bonds is 3. The van der Waals surface area contributed by atoms with Gasteiger partial charge in [0.05, 0.1) is 5.56 Å². The molecular formula is C19H21ClN4O2S. The van der Waals surface area contributed by atoms with Crippen molar-refractivity contribution >= 4 is 45.6 Å². The predicted molar refractivity (Wildman–Crippen MR) is 109 cm³/mol. The van der Waals surface area contributed by atoms with E-state index < -0.39 is 11.9 Å². The summed E-state index contributed by atoms with van der Waals surface area (Å²) < 4.78 is 0. The van der Waals surface area contributed by atoms with E-state index in [2.05, 4.69) is 15.5 Å². The Balaban J connectivity index is 1.59. The summed E-state index contributed by atoms with van der Waals surface area (Å²) in [6, 6.07) is 6.77. The Bertz CT molecular complexity index is 881. The van der Waals surface area contributed by atoms with Gasteiger partial charge >= 0.3 is 6.03 Å². The van der Waals surface area contributed by atoms with Crippen LogP contribution >= 0.6 is 22.9 Å². The predicted octanol–water partition coefficient (Wildman–Crippen LogP) is 4.23. The van der Waals surface area contributed by atoms with E-state index >= 15 is 0 Å². The second-order valence-corrected chi connectivity index (χ2v) is 8.39. The summed E-state index contributed by atoms with van der Waals surface area (Å²) >= 11 is 7.35. The minimum Gasteiger partial charge on any atom is -0.365 e. The summed E-state index contributed by atoms with van der Waals surface area (Å²) in [4.78, 5) is 28.2. The summed E-state index contributed by atoms with van der Waals surface area (Å²) in [5.41, 5.74) is 7.76. The molecule has 1 aromatic carbocycles. The second-order valence-electron chi connectivity index (χ2n) is 6.90. The number of urea groups is 1. The molecule has 2 aliphatic heterocycles. The first-order chi connectivity index (χ1) is 13.0. The molecule has 1 atom stereocenters. The van der Waals surface area contributed by atoms with Gasteiger partial charge < -0.3 is 11.1 Å². The number of piperidine rings is 1. The van der Waals surface area contributed by atoms with Gasteiger partial charge in [0.15, 0.2) is 0 Å². The largest absolute Gasteiger partial charge is 0.365 e. The van der Waals surface area contributed by atoms with Gasteiger partial charge in [-0.15, -0.1) is 11.3 Å². The third-order valence-corrected chi connectivity index (χ3v) is 6.68. The minimum absolute atomic E-state index is 0.334. The van der Waals surface area contributed by atoms with E-state index in [1.54, 1.807) is 24.3 Å². The lowest BCUT2D eigenvalue weighted by atomic mass is 9.91. The highest BCUT2D eigenvalue weighted by atomic mass is 35.5. The van der Waals surface area contributed by atoms with Crippen molar-refractivity contribution in [2.45, 2.75) is 31.7 Å². The van der Waals surface area contributed by atoms with Crippen molar-refractivity contribution in [2.24, 2.45) is 5.73 Å². The van der Waals surface area contributed by atoms with Crippen LogP contribution in [0.1, 0.15) is 46.1 Å². The Morgan fingerprint density at radius 3 is 2.67 bits per heavy atom. The molecule has 1 aromatic heterocycles. The van der Waals surface area contributed by atoms with Gasteiger partial charge in [-0.25, -0.2) is 4.79 Å². The number of hydrogen-bond acceptors (Lipinski definition) is 4. The smallest absolute Gasteiger partial charge is 0.324 e. The number of hydrogen-bond donors (Lipinski definition) is 3. The molecule has 1 fully saturated rings. The van der Waals surface area contributed by atoms with Gasteiger partial charge in [-0.1, -0.05) is 18.0 Å². The molecular weight excluding hydrogens is 384 g/mol. The average Bonchev–Trinajstić information content (AvgIpc) is 3.02. The molecule has 4 N–H and O–H groups in total. The monoisotopic (exact) mass is 404 g/mol. The molecule has 142 valence electrons. The zero-order valence-corrected chi connectivity index (χ0v) is 16.3. The van der Waals surface area contributed by atoms with Crippen LogP contribution in [0.3, 0.4) is 0 Å². The first-order valence-corrected chi connectivity index (χ1v) is 10.3. The number of nitrogens with one attached hydrogen (secondary N) is 2. The van der Waals surface area contributed by atoms with Crippen LogP contribution in [-0.2, 0) is 6.42 Å². The topological polar surface area (TPSA) is 87.5 Å². The molecule has 1 saturated heterocycles. The van der Waals surface area contributed by atoms with E-state index in [0.29, 0.717) is 27.3 Å². The first-order valence-electron chi connectivity index (χ1n) is 9.06. The maximum Gasteiger partial charge on any atom is 0.324 e. The third kappa shape index (κ3) is 3.67. The lowest BCUT2D eigenvalue weighted by Gasteiger charge is -2.39. The average molecular weight is 405 g/mol. The van der Waals surface area contributed by atoms with Crippen LogP contribution in [0.25, 0.3) is 0 Å². The van der Waals surface area contributed by atoms with Crippen LogP contribution < -0.4 is 16.4 Å². The van der Waals surface area contributed by atoms with Gasteiger partial charge in [-0.05, 0) is 55.6 Å². The van der Waals surface area contributed by atoms with Crippen LogP contribution in [0.15, 0.2) is 24.3 Å². The maximum atomic E-state index is 12.4. The van der Waals surface area contributed by atoms with Crippen LogP contribution in [0.2, 0.25) is 5.02 Å². The van der Waals surface area contributed by atoms with Gasteiger partial charge in [0.25, 0.3) is 5.91 Å². The summed E-state index contributed by atoms with van der Waals surface area (Å²) in [7, 11) is 0. The standard InChI is InChI=1S/C19H21ClN4O2S/c20-11-4-6-12(7-5-11)22-19(26)23-18-15(17(21)25)13-8-10-24-9-2-1-3-14(24)16(13)27-18/h4-7,14H,1-3,8-10H2,(H2,21,25)(H2,22,23,26). The highest BCUT2D eigenvalue weighted by Crippen LogP contribution is 2.45. The molecule has 0 radical (unpaired) electrons. The number of anilines is 2. The molecule has 0 aliphatic carbocycles. The Morgan fingerprint density at radius 2 is 1.93 bits per heavy atom. The van der Waals surface area contributed by atoms with Gasteiger partial charge in [0, 0.05) is 28.2 Å². The number of carbonyl (C=O) groups is 2. The molecule has 0 saturated carbocycles. The number of amides is 3. The molecule has 3 heterocycles. The SMILES string of the molecule is NC(=O)c1c(NC(=O)Nc2ccc(Cl)cc2)sc2c1CCN1CCCCC21. The summed E-state index contributed by atoms with van der Waals surface area (Å²) in [5, 5.41) is 6.71. The van der Waals surface area contributed by atoms with Gasteiger partial charge in [0.1, 0.15) is 5.00 Å². The Hall–Kier alpha value is -2.09. The number of nitrogens with zero attached hydrogens (tertiary/aromatic N) is 1. The Morgan fingerprint density at radius 1 is 1.15 bits per heavy atom. The number of fused-ring (bicyclic) bond motifs is 3. The molecule has 2 aromatic rings. The van der Waals surface area contributed by atoms with Crippen molar-refractivity contribution < 1.29 is 9.59 Å². The van der Waals surface area contributed by atoms with Crippen LogP contribution in [-0.4, -0.2) is 29.9 Å². The quantitative estimate of drug-likeness (QED) is 0.715. The number of carbonyl (C=O) groups excluding carboxylic acids is 2. The molecule has 8 heteroatoms. The first kappa shape index (κ1) is 18.3. The van der Waals surface area contributed by atoms with Crippen LogP contribution in [0.5, 0.6) is 0 Å². The van der Waals surface area contributed by atoms with E-state index in [0.717, 1.165) is 31.5 Å². The van der Waals surface area contributed by atoms with Crippen molar-refractivity contribution in [1.29, 1.82) is 0 Å². The van der Waals surface area contributed by atoms with Crippen molar-refractivity contribution in [3.8, 4) is 0 Å². The Labute approximate surface area is 166 Å². The van der Waals surface area contributed by atoms with E-state index in [4.69, 9.17) is 17.3 Å². The maximum absolute atomic E-state index is 12.4. The van der Waals surface area contributed by atoms with Crippen molar-refractivity contribution in [3.63, 3.8) is 0 Å². The zero-order valence-electron chi connectivity index (χ0n) is 14.8. The molecule has 1 unspecified atom stereocenters. The summed E-state index contributed by atoms with van der Waals surface area (Å²) in [6.45, 7) is 2.03. The molecule has 0 spiro atoms. The summed E-state index contributed by atoms with van der Waals surface area (Å²) in [5.74, 6) is -0.487. The zero-order chi connectivity index (χ0) is 19.0. The van der Waals surface area contributed by atoms with Gasteiger partial charge in [0.2, 0.25) is 0 Å². The van der Waals surface area contributed by atoms with E-state index in [9.17, 15) is 9.59 Å². The highest BCUT2D eigenvalue weighted by Gasteiger charge is 2.35. The fourth-order valence-corrected chi connectivity index (χ4v) is 5.50. The van der Waals surface area contributed by atoms with Crippen LogP contribution in [0, 0.1) is 0 Å². The third-order valence-electron chi connectivity index (χ3n) is 5.18.